The molecule has 24 nitrogen and oxygen atoms in total. The maximum Gasteiger partial charge on any atom is 0.415 e. The standard InChI is InChI=1S/C24H22N2O4.C20H19N3O2.2C18H14N2O2.C18H17N.C17H12N2O2/c27-18-12-19(28)22-20(18)14-5-4-6-15(14)23-21(22)16-11-13(7-8-17(16)25-23)30-24(29)26-9-2-1-3-10-26;1-22(2)10-23-19(24)16-11-7-5-8-12(11)18-15(17(16)20(23)25)13-6-3-4-9-14(13)21-18;1-20-7-3-6-11-15-16-13(22)8-12(21)14(16)9-4-2-5-10(9)17(15)19-18(11)20;1-8-5-6-11-15-16-13(22)7-12(21)14(16)9-3-2-4-10(9)17(15)20-18(11)19-8;1-2-10-16-15(5-1)17-13-8-3-6-11(13)12-7-4-9-14(12)18(17)19-16;20-11-7-12(21)15-13(11)8-3-1-4-9(8)16-14(15)10-5-2-6-18-17(10)19-16/h7-8,11,25H,1-6,9-10,12H2;3-4,6,9,21H,5,7-8,10H2,1-2H3;3,6-7H,2,4-5,8H2,1H3;5-6H,2-4,7H2,1H3,(H,19,20);1-2,5,10,19H,3-4,6-9H2;2,5-6H,1,3-4,7H2,(H,18,19)/p+1. The minimum atomic E-state index is -0.328. The molecule has 31 rings (SSSR count). The molecule has 690 valence electrons. The van der Waals surface area contributed by atoms with Gasteiger partial charge in [-0.15, -0.1) is 0 Å². The van der Waals surface area contributed by atoms with E-state index in [9.17, 15) is 52.7 Å². The lowest BCUT2D eigenvalue weighted by Crippen LogP contribution is -2.37. The Morgan fingerprint density at radius 1 is 0.353 bits per heavy atom. The zero-order valence-electron chi connectivity index (χ0n) is 78.0. The van der Waals surface area contributed by atoms with Crippen LogP contribution < -0.4 is 9.30 Å². The van der Waals surface area contributed by atoms with Crippen LogP contribution in [-0.4, -0.2) is 153 Å². The molecule has 0 saturated carbocycles. The fourth-order valence-electron chi connectivity index (χ4n) is 26.6. The van der Waals surface area contributed by atoms with Crippen molar-refractivity contribution in [2.45, 2.75) is 187 Å². The number of piperidine rings is 1. The zero-order chi connectivity index (χ0) is 94.2. The summed E-state index contributed by atoms with van der Waals surface area (Å²) in [6.07, 6.45) is 28.8. The van der Waals surface area contributed by atoms with Crippen molar-refractivity contribution < 1.29 is 62.0 Å². The molecule has 0 spiro atoms. The third-order valence-electron chi connectivity index (χ3n) is 32.2. The molecule has 18 aromatic rings. The van der Waals surface area contributed by atoms with Gasteiger partial charge < -0.3 is 34.6 Å². The lowest BCUT2D eigenvalue weighted by atomic mass is 9.94. The number of aryl methyl sites for hydroxylation is 9. The number of rotatable bonds is 3. The van der Waals surface area contributed by atoms with Crippen molar-refractivity contribution in [1.29, 1.82) is 0 Å². The van der Waals surface area contributed by atoms with E-state index < -0.39 is 0 Å². The number of amides is 3. The van der Waals surface area contributed by atoms with Crippen molar-refractivity contribution in [3.8, 4) is 5.75 Å². The molecule has 0 atom stereocenters. The number of hydrogen-bond donors (Lipinski definition) is 6. The van der Waals surface area contributed by atoms with Crippen molar-refractivity contribution in [3.05, 3.63) is 255 Å². The molecular weight excluding hydrogens is 1740 g/mol. The lowest BCUT2D eigenvalue weighted by molar-refractivity contribution is -0.646. The summed E-state index contributed by atoms with van der Waals surface area (Å²) < 4.78 is 7.69. The number of pyridine rings is 3. The van der Waals surface area contributed by atoms with Crippen molar-refractivity contribution in [1.82, 2.24) is 54.6 Å². The van der Waals surface area contributed by atoms with E-state index in [1.54, 1.807) is 44.8 Å². The molecule has 6 N–H and O–H groups in total. The van der Waals surface area contributed by atoms with Gasteiger partial charge >= 0.3 is 6.09 Å². The number of para-hydroxylation sites is 2. The Kier molecular flexibility index (Phi) is 19.5. The molecule has 1 fully saturated rings. The van der Waals surface area contributed by atoms with Gasteiger partial charge in [0.25, 0.3) is 17.5 Å². The number of nitrogens with zero attached hydrogens (tertiary/aromatic N) is 6. The number of H-pyrrole nitrogens is 6. The number of fused-ring (bicyclic) bond motifs is 48. The van der Waals surface area contributed by atoms with Crippen LogP contribution in [0.2, 0.25) is 0 Å². The van der Waals surface area contributed by atoms with Crippen LogP contribution in [0.4, 0.5) is 4.79 Å². The Morgan fingerprint density at radius 3 is 1.26 bits per heavy atom. The minimum Gasteiger partial charge on any atom is -0.410 e. The Bertz CT molecular complexity index is 8810. The molecule has 0 radical (unpaired) electrons. The third-order valence-corrected chi connectivity index (χ3v) is 32.2. The highest BCUT2D eigenvalue weighted by molar-refractivity contribution is 6.37. The maximum absolute atomic E-state index is 13.2. The predicted octanol–water partition coefficient (Wildman–Crippen LogP) is 20.4. The molecule has 9 aromatic heterocycles. The van der Waals surface area contributed by atoms with Gasteiger partial charge in [-0.2, -0.15) is 0 Å². The van der Waals surface area contributed by atoms with Gasteiger partial charge in [0.05, 0.1) is 89.7 Å². The number of ketones is 8. The van der Waals surface area contributed by atoms with Gasteiger partial charge in [-0.3, -0.25) is 57.7 Å². The highest BCUT2D eigenvalue weighted by Gasteiger charge is 2.46. The Balaban J connectivity index is 0.0000000865. The summed E-state index contributed by atoms with van der Waals surface area (Å²) in [5, 5.41) is 12.3. The summed E-state index contributed by atoms with van der Waals surface area (Å²) >= 11 is 0. The van der Waals surface area contributed by atoms with Crippen LogP contribution in [0.15, 0.2) is 116 Å². The van der Waals surface area contributed by atoms with E-state index >= 15 is 0 Å². The van der Waals surface area contributed by atoms with Gasteiger partial charge in [0.1, 0.15) is 22.6 Å². The van der Waals surface area contributed by atoms with E-state index in [0.29, 0.717) is 62.5 Å². The number of nitrogens with one attached hydrogen (secondary N) is 6. The van der Waals surface area contributed by atoms with Crippen molar-refractivity contribution >= 4 is 195 Å². The van der Waals surface area contributed by atoms with E-state index in [-0.39, 0.29) is 89.9 Å². The topological polar surface area (TPSA) is 331 Å². The second-order valence-corrected chi connectivity index (χ2v) is 40.4. The lowest BCUT2D eigenvalue weighted by Gasteiger charge is -2.25. The van der Waals surface area contributed by atoms with E-state index in [4.69, 9.17) is 4.74 Å². The molecular formula is C115H99N12O12+. The Hall–Kier alpha value is -15.0. The highest BCUT2D eigenvalue weighted by Crippen LogP contribution is 2.51. The predicted molar refractivity (Wildman–Crippen MR) is 534 cm³/mol. The summed E-state index contributed by atoms with van der Waals surface area (Å²) in [6, 6.07) is 34.2. The first-order valence-corrected chi connectivity index (χ1v) is 49.6. The van der Waals surface area contributed by atoms with Crippen LogP contribution in [0.3, 0.4) is 0 Å². The zero-order valence-corrected chi connectivity index (χ0v) is 78.0. The molecule has 2 aliphatic heterocycles. The summed E-state index contributed by atoms with van der Waals surface area (Å²) in [5.74, 6) is -0.115. The van der Waals surface area contributed by atoms with Gasteiger partial charge in [-0.1, -0.05) is 36.4 Å². The van der Waals surface area contributed by atoms with E-state index in [1.807, 2.05) is 117 Å². The molecule has 9 aromatic carbocycles. The van der Waals surface area contributed by atoms with Crippen LogP contribution in [0.25, 0.3) is 131 Å². The number of aromatic nitrogens is 9. The second-order valence-electron chi connectivity index (χ2n) is 40.4. The fourth-order valence-corrected chi connectivity index (χ4v) is 26.6. The molecule has 3 amide bonds. The monoisotopic (exact) mass is 1840 g/mol. The number of carbonyl (C=O) groups excluding carboxylic acids is 11. The van der Waals surface area contributed by atoms with Crippen LogP contribution in [0.5, 0.6) is 5.75 Å². The maximum atomic E-state index is 13.2. The average Bonchev–Trinajstić information content (AvgIpc) is 1.56. The average molecular weight is 1840 g/mol. The fraction of sp³-hybridized carbons (Fsp3) is 0.304. The van der Waals surface area contributed by atoms with Crippen molar-refractivity contribution in [2.75, 3.05) is 33.9 Å². The molecule has 139 heavy (non-hydrogen) atoms. The smallest absolute Gasteiger partial charge is 0.410 e. The molecule has 0 unspecified atom stereocenters. The molecule has 24 heteroatoms. The number of aromatic amines is 6. The summed E-state index contributed by atoms with van der Waals surface area (Å²) in [6.45, 7) is 3.72. The number of Topliss-reactive ketones (excluding diaryl/α,β-unsaturated/α-hetero) is 8. The van der Waals surface area contributed by atoms with Crippen LogP contribution in [-0.2, 0) is 96.9 Å². The molecule has 11 heterocycles. The number of ether oxygens (including phenoxy) is 1. The van der Waals surface area contributed by atoms with Gasteiger partial charge in [0.15, 0.2) is 46.3 Å². The Labute approximate surface area is 795 Å². The Morgan fingerprint density at radius 2 is 0.734 bits per heavy atom. The molecule has 13 aliphatic rings. The van der Waals surface area contributed by atoms with Gasteiger partial charge in [-0.05, 0) is 314 Å². The normalized spacial score (nSPS) is 17.2. The second kappa shape index (κ2) is 32.0. The summed E-state index contributed by atoms with van der Waals surface area (Å²) in [7, 11) is 5.73. The van der Waals surface area contributed by atoms with Crippen LogP contribution in [0.1, 0.15) is 277 Å². The molecule has 0 bridgehead atoms. The number of likely N-dealkylation sites (tertiary alicyclic amines) is 1. The minimum absolute atomic E-state index is 0.00512. The SMILES string of the molecule is CN(C)CN1C(=O)c2c3c(c4[nH]c5ccccc5c4c2C1=O)CCC3.C[n+]1cccc2c3c4c(c5c(c3[nH]c21)CCC5)C(=O)CC4=O.Cc1ccc2c(n1)[nH]c1c3c(c4c(c12)C(=O)CC4=O)CCC3.O=C1CC(=O)c2c1c1c(c3[nH]c4ccc(OC(=O)N5CCCCC5)cc4c23)CCC1.O=C1CC(=O)c2c1c1c(c3[nH]c4ncccc4c23)CCC1.c1ccc2c(c1)[nH]c1c3c(c4c(c12)CCC4)CCC3. The third kappa shape index (κ3) is 12.7. The number of benzene rings is 9. The largest absolute Gasteiger partial charge is 0.415 e. The number of imide groups is 1. The quantitative estimate of drug-likeness (QED) is 0.0544. The molecule has 11 aliphatic carbocycles. The first-order valence-electron chi connectivity index (χ1n) is 49.6. The van der Waals surface area contributed by atoms with E-state index in [1.165, 1.54) is 82.1 Å². The summed E-state index contributed by atoms with van der Waals surface area (Å²) in [4.78, 5) is 173. The summed E-state index contributed by atoms with van der Waals surface area (Å²) in [5.41, 5.74) is 38.0. The van der Waals surface area contributed by atoms with Crippen LogP contribution >= 0.6 is 0 Å². The van der Waals surface area contributed by atoms with Crippen LogP contribution in [0, 0.1) is 6.92 Å². The van der Waals surface area contributed by atoms with E-state index in [2.05, 4.69) is 64.1 Å². The van der Waals surface area contributed by atoms with Gasteiger partial charge in [-0.25, -0.2) is 24.3 Å². The highest BCUT2D eigenvalue weighted by atomic mass is 16.6. The van der Waals surface area contributed by atoms with Crippen molar-refractivity contribution in [3.63, 3.8) is 0 Å². The first kappa shape index (κ1) is 84.5. The number of carbonyl (C=O) groups is 11. The van der Waals surface area contributed by atoms with Crippen molar-refractivity contribution in [2.24, 2.45) is 7.05 Å². The van der Waals surface area contributed by atoms with Gasteiger partial charge in [0, 0.05) is 151 Å². The first-order chi connectivity index (χ1) is 67.7. The van der Waals surface area contributed by atoms with Gasteiger partial charge in [0.2, 0.25) is 0 Å². The molecule has 1 saturated heterocycles. The van der Waals surface area contributed by atoms with E-state index in [0.717, 1.165) is 283 Å². The number of hydrogen-bond acceptors (Lipinski definition) is 15.